The van der Waals surface area contributed by atoms with Crippen LogP contribution in [0.3, 0.4) is 0 Å². The number of phenolic OH excluding ortho intramolecular Hbond substituents is 1. The van der Waals surface area contributed by atoms with Gasteiger partial charge in [-0.2, -0.15) is 8.78 Å². The van der Waals surface area contributed by atoms with E-state index in [0.717, 1.165) is 11.0 Å². The van der Waals surface area contributed by atoms with Crippen molar-refractivity contribution in [3.63, 3.8) is 0 Å². The number of carbonyl (C=O) groups excluding carboxylic acids is 2. The summed E-state index contributed by atoms with van der Waals surface area (Å²) in [4.78, 5) is 29.4. The van der Waals surface area contributed by atoms with Crippen LogP contribution in [-0.4, -0.2) is 47.1 Å². The fraction of sp³-hybridized carbons (Fsp3) is 0.350. The quantitative estimate of drug-likeness (QED) is 0.812. The van der Waals surface area contributed by atoms with Crippen LogP contribution in [0.25, 0.3) is 0 Å². The Morgan fingerprint density at radius 2 is 1.86 bits per heavy atom. The van der Waals surface area contributed by atoms with Crippen molar-refractivity contribution in [2.24, 2.45) is 5.92 Å². The first-order valence-electron chi connectivity index (χ1n) is 8.71. The van der Waals surface area contributed by atoms with Crippen molar-refractivity contribution >= 4 is 11.9 Å². The van der Waals surface area contributed by atoms with Gasteiger partial charge in [0.15, 0.2) is 0 Å². The number of ether oxygens (including phenoxy) is 1. The van der Waals surface area contributed by atoms with Crippen LogP contribution >= 0.6 is 0 Å². The standard InChI is InChI=1S/C20H20F2N2O4/c1-12-3-8-17(23-9-12)20(21,22)19(27)24-10-15(16(11-24)18(26)28-2)13-4-6-14(25)7-5-13/h3-9,15-16,25H,10-11H2,1-2H3/t15-,16+/m0/s1. The average molecular weight is 390 g/mol. The van der Waals surface area contributed by atoms with E-state index in [1.807, 2.05) is 0 Å². The number of nitrogens with zero attached hydrogens (tertiary/aromatic N) is 2. The summed E-state index contributed by atoms with van der Waals surface area (Å²) in [7, 11) is 1.21. The number of esters is 1. The summed E-state index contributed by atoms with van der Waals surface area (Å²) in [6.45, 7) is 1.46. The third-order valence-electron chi connectivity index (χ3n) is 4.93. The van der Waals surface area contributed by atoms with E-state index in [4.69, 9.17) is 4.74 Å². The van der Waals surface area contributed by atoms with Crippen LogP contribution in [0, 0.1) is 12.8 Å². The number of pyridine rings is 1. The Morgan fingerprint density at radius 1 is 1.18 bits per heavy atom. The van der Waals surface area contributed by atoms with Gasteiger partial charge in [-0.1, -0.05) is 18.2 Å². The maximum Gasteiger partial charge on any atom is 0.366 e. The first-order valence-corrected chi connectivity index (χ1v) is 8.71. The summed E-state index contributed by atoms with van der Waals surface area (Å²) in [6.07, 6.45) is 1.27. The monoisotopic (exact) mass is 390 g/mol. The van der Waals surface area contributed by atoms with E-state index < -0.39 is 35.3 Å². The molecule has 3 rings (SSSR count). The summed E-state index contributed by atoms with van der Waals surface area (Å²) in [5.41, 5.74) is 0.720. The summed E-state index contributed by atoms with van der Waals surface area (Å²) in [6, 6.07) is 8.67. The van der Waals surface area contributed by atoms with Crippen LogP contribution in [-0.2, 0) is 20.2 Å². The molecule has 1 aliphatic rings. The minimum absolute atomic E-state index is 0.0428. The lowest BCUT2D eigenvalue weighted by Gasteiger charge is -2.22. The molecule has 28 heavy (non-hydrogen) atoms. The SMILES string of the molecule is COC(=O)[C@@H]1CN(C(=O)C(F)(F)c2ccc(C)cn2)C[C@H]1c1ccc(O)cc1. The van der Waals surface area contributed by atoms with Crippen molar-refractivity contribution in [3.8, 4) is 5.75 Å². The second-order valence-corrected chi connectivity index (χ2v) is 6.83. The van der Waals surface area contributed by atoms with Gasteiger partial charge in [0, 0.05) is 25.2 Å². The van der Waals surface area contributed by atoms with Crippen molar-refractivity contribution < 1.29 is 28.2 Å². The van der Waals surface area contributed by atoms with Crippen LogP contribution in [0.2, 0.25) is 0 Å². The van der Waals surface area contributed by atoms with E-state index in [1.54, 1.807) is 19.1 Å². The third kappa shape index (κ3) is 3.67. The van der Waals surface area contributed by atoms with E-state index in [0.29, 0.717) is 11.1 Å². The minimum Gasteiger partial charge on any atom is -0.508 e. The zero-order chi connectivity index (χ0) is 20.5. The Kier molecular flexibility index (Phi) is 5.31. The van der Waals surface area contributed by atoms with Gasteiger partial charge in [-0.25, -0.2) is 0 Å². The molecule has 6 nitrogen and oxygen atoms in total. The molecule has 148 valence electrons. The van der Waals surface area contributed by atoms with Crippen LogP contribution < -0.4 is 0 Å². The molecule has 1 amide bonds. The molecule has 1 aromatic heterocycles. The van der Waals surface area contributed by atoms with Gasteiger partial charge in [-0.3, -0.25) is 14.6 Å². The van der Waals surface area contributed by atoms with Crippen molar-refractivity contribution in [2.45, 2.75) is 18.8 Å². The molecule has 1 fully saturated rings. The second-order valence-electron chi connectivity index (χ2n) is 6.83. The van der Waals surface area contributed by atoms with E-state index >= 15 is 0 Å². The topological polar surface area (TPSA) is 79.7 Å². The Bertz CT molecular complexity index is 869. The molecule has 0 unspecified atom stereocenters. The van der Waals surface area contributed by atoms with Gasteiger partial charge in [-0.15, -0.1) is 0 Å². The summed E-state index contributed by atoms with van der Waals surface area (Å²) >= 11 is 0. The Morgan fingerprint density at radius 3 is 2.43 bits per heavy atom. The highest BCUT2D eigenvalue weighted by molar-refractivity contribution is 5.86. The number of hydrogen-bond donors (Lipinski definition) is 1. The van der Waals surface area contributed by atoms with E-state index in [-0.39, 0.29) is 18.8 Å². The third-order valence-corrected chi connectivity index (χ3v) is 4.93. The number of amides is 1. The normalized spacial score (nSPS) is 19.5. The molecule has 0 radical (unpaired) electrons. The highest BCUT2D eigenvalue weighted by Crippen LogP contribution is 2.38. The Labute approximate surface area is 160 Å². The maximum atomic E-state index is 14.7. The van der Waals surface area contributed by atoms with Gasteiger partial charge in [0.2, 0.25) is 0 Å². The molecule has 1 N–H and O–H groups in total. The van der Waals surface area contributed by atoms with Gasteiger partial charge in [0.05, 0.1) is 13.0 Å². The lowest BCUT2D eigenvalue weighted by atomic mass is 9.89. The average Bonchev–Trinajstić information content (AvgIpc) is 3.13. The molecule has 0 aliphatic carbocycles. The first-order chi connectivity index (χ1) is 13.2. The fourth-order valence-electron chi connectivity index (χ4n) is 3.38. The summed E-state index contributed by atoms with van der Waals surface area (Å²) in [5, 5.41) is 9.45. The number of alkyl halides is 2. The first kappa shape index (κ1) is 19.7. The number of halogens is 2. The minimum atomic E-state index is -3.81. The Hall–Kier alpha value is -3.03. The molecule has 2 heterocycles. The predicted molar refractivity (Wildman–Crippen MR) is 95.8 cm³/mol. The van der Waals surface area contributed by atoms with Crippen LogP contribution in [0.15, 0.2) is 42.6 Å². The Balaban J connectivity index is 1.87. The zero-order valence-electron chi connectivity index (χ0n) is 15.4. The van der Waals surface area contributed by atoms with Crippen molar-refractivity contribution in [1.29, 1.82) is 0 Å². The number of hydrogen-bond acceptors (Lipinski definition) is 5. The van der Waals surface area contributed by atoms with Crippen LogP contribution in [0.5, 0.6) is 5.75 Å². The lowest BCUT2D eigenvalue weighted by molar-refractivity contribution is -0.159. The number of aryl methyl sites for hydroxylation is 1. The van der Waals surface area contributed by atoms with E-state index in [2.05, 4.69) is 4.98 Å². The molecule has 1 aromatic carbocycles. The molecule has 1 saturated heterocycles. The molecular formula is C20H20F2N2O4. The van der Waals surface area contributed by atoms with Crippen molar-refractivity contribution in [3.05, 3.63) is 59.4 Å². The zero-order valence-corrected chi connectivity index (χ0v) is 15.4. The second kappa shape index (κ2) is 7.53. The van der Waals surface area contributed by atoms with Gasteiger partial charge in [0.25, 0.3) is 5.91 Å². The number of benzene rings is 1. The number of aromatic nitrogens is 1. The number of rotatable bonds is 4. The van der Waals surface area contributed by atoms with Crippen LogP contribution in [0.4, 0.5) is 8.78 Å². The highest BCUT2D eigenvalue weighted by Gasteiger charge is 2.50. The van der Waals surface area contributed by atoms with Gasteiger partial charge in [-0.05, 0) is 36.2 Å². The van der Waals surface area contributed by atoms with Crippen LogP contribution in [0.1, 0.15) is 22.7 Å². The summed E-state index contributed by atoms with van der Waals surface area (Å²) in [5.74, 6) is -7.04. The van der Waals surface area contributed by atoms with Gasteiger partial charge >= 0.3 is 11.9 Å². The van der Waals surface area contributed by atoms with E-state index in [1.165, 1.54) is 31.5 Å². The predicted octanol–water partition coefficient (Wildman–Crippen LogP) is 2.60. The number of aromatic hydroxyl groups is 1. The van der Waals surface area contributed by atoms with Crippen molar-refractivity contribution in [1.82, 2.24) is 9.88 Å². The largest absolute Gasteiger partial charge is 0.508 e. The number of methoxy groups -OCH3 is 1. The van der Waals surface area contributed by atoms with E-state index in [9.17, 15) is 23.5 Å². The fourth-order valence-corrected chi connectivity index (χ4v) is 3.38. The number of carbonyl (C=O) groups is 2. The molecule has 0 saturated carbocycles. The summed E-state index contributed by atoms with van der Waals surface area (Å²) < 4.78 is 34.2. The van der Waals surface area contributed by atoms with Gasteiger partial charge < -0.3 is 14.7 Å². The molecule has 1 aliphatic heterocycles. The van der Waals surface area contributed by atoms with Crippen molar-refractivity contribution in [2.75, 3.05) is 20.2 Å². The molecule has 0 spiro atoms. The molecule has 2 atom stereocenters. The highest BCUT2D eigenvalue weighted by atomic mass is 19.3. The molecule has 0 bridgehead atoms. The molecule has 8 heteroatoms. The molecular weight excluding hydrogens is 370 g/mol. The lowest BCUT2D eigenvalue weighted by Crippen LogP contribution is -2.41. The molecule has 2 aromatic rings. The number of phenols is 1. The van der Waals surface area contributed by atoms with Gasteiger partial charge in [0.1, 0.15) is 11.4 Å². The smallest absolute Gasteiger partial charge is 0.366 e. The number of likely N-dealkylation sites (tertiary alicyclic amines) is 1. The maximum absolute atomic E-state index is 14.7.